The van der Waals surface area contributed by atoms with Gasteiger partial charge in [-0.1, -0.05) is 13.8 Å². The van der Waals surface area contributed by atoms with Crippen molar-refractivity contribution < 1.29 is 14.3 Å². The Balaban J connectivity index is 1.92. The first-order chi connectivity index (χ1) is 7.57. The van der Waals surface area contributed by atoms with Gasteiger partial charge in [0, 0.05) is 25.2 Å². The highest BCUT2D eigenvalue weighted by molar-refractivity contribution is 5.82. The van der Waals surface area contributed by atoms with Crippen molar-refractivity contribution in [1.82, 2.24) is 0 Å². The molecular formula is C13H20O3. The molecule has 0 unspecified atom stereocenters. The van der Waals surface area contributed by atoms with Crippen LogP contribution >= 0.6 is 0 Å². The fraction of sp³-hybridized carbons (Fsp3) is 0.923. The van der Waals surface area contributed by atoms with Gasteiger partial charge in [0.2, 0.25) is 0 Å². The molecule has 0 amide bonds. The summed E-state index contributed by atoms with van der Waals surface area (Å²) in [5.74, 6) is 0.922. The lowest BCUT2D eigenvalue weighted by molar-refractivity contribution is -0.245. The van der Waals surface area contributed by atoms with Crippen LogP contribution in [-0.4, -0.2) is 24.8 Å². The van der Waals surface area contributed by atoms with E-state index in [0.29, 0.717) is 37.3 Å². The van der Waals surface area contributed by atoms with Gasteiger partial charge in [-0.05, 0) is 17.8 Å². The summed E-state index contributed by atoms with van der Waals surface area (Å²) < 4.78 is 11.7. The lowest BCUT2D eigenvalue weighted by Gasteiger charge is -2.50. The second-order valence-electron chi connectivity index (χ2n) is 5.89. The Morgan fingerprint density at radius 1 is 1.31 bits per heavy atom. The van der Waals surface area contributed by atoms with E-state index >= 15 is 0 Å². The number of carbonyl (C=O) groups is 1. The summed E-state index contributed by atoms with van der Waals surface area (Å²) in [6, 6.07) is 0. The monoisotopic (exact) mass is 224 g/mol. The number of fused-ring (bicyclic) bond motifs is 1. The molecule has 1 spiro atoms. The quantitative estimate of drug-likeness (QED) is 0.632. The van der Waals surface area contributed by atoms with Crippen LogP contribution in [0.3, 0.4) is 0 Å². The predicted octanol–water partition coefficient (Wildman–Crippen LogP) is 2.14. The van der Waals surface area contributed by atoms with E-state index in [1.165, 1.54) is 0 Å². The van der Waals surface area contributed by atoms with Crippen LogP contribution < -0.4 is 0 Å². The number of hydrogen-bond acceptors (Lipinski definition) is 3. The summed E-state index contributed by atoms with van der Waals surface area (Å²) in [7, 11) is 0. The standard InChI is InChI=1S/C13H20O3/c1-9-12(2)8-11(14)7-10(12)3-4-13(9)15-5-6-16-13/h9-10H,3-8H2,1-2H3/t9-,10-,12-/m1/s1. The topological polar surface area (TPSA) is 35.5 Å². The third kappa shape index (κ3) is 1.25. The zero-order valence-corrected chi connectivity index (χ0v) is 10.1. The third-order valence-electron chi connectivity index (χ3n) is 5.25. The van der Waals surface area contributed by atoms with Crippen LogP contribution in [0.15, 0.2) is 0 Å². The van der Waals surface area contributed by atoms with E-state index in [4.69, 9.17) is 9.47 Å². The molecule has 1 saturated heterocycles. The normalized spacial score (nSPS) is 46.2. The minimum atomic E-state index is -0.379. The maximum atomic E-state index is 11.7. The molecule has 1 aliphatic heterocycles. The second-order valence-corrected chi connectivity index (χ2v) is 5.89. The van der Waals surface area contributed by atoms with Gasteiger partial charge >= 0.3 is 0 Å². The number of ether oxygens (including phenoxy) is 2. The molecule has 1 heterocycles. The van der Waals surface area contributed by atoms with Crippen molar-refractivity contribution in [2.24, 2.45) is 17.3 Å². The van der Waals surface area contributed by atoms with Gasteiger partial charge in [-0.3, -0.25) is 4.79 Å². The van der Waals surface area contributed by atoms with E-state index in [0.717, 1.165) is 19.3 Å². The van der Waals surface area contributed by atoms with Crippen LogP contribution in [0.2, 0.25) is 0 Å². The summed E-state index contributed by atoms with van der Waals surface area (Å²) in [5, 5.41) is 0. The molecule has 3 nitrogen and oxygen atoms in total. The molecule has 90 valence electrons. The van der Waals surface area contributed by atoms with Gasteiger partial charge < -0.3 is 9.47 Å². The highest BCUT2D eigenvalue weighted by Crippen LogP contribution is 2.58. The molecule has 2 saturated carbocycles. The fourth-order valence-corrected chi connectivity index (χ4v) is 4.05. The van der Waals surface area contributed by atoms with Crippen LogP contribution in [0.5, 0.6) is 0 Å². The number of carbonyl (C=O) groups excluding carboxylic acids is 1. The van der Waals surface area contributed by atoms with Crippen molar-refractivity contribution in [2.45, 2.75) is 45.3 Å². The first-order valence-electron chi connectivity index (χ1n) is 6.36. The van der Waals surface area contributed by atoms with Crippen LogP contribution in [0.25, 0.3) is 0 Å². The molecule has 0 radical (unpaired) electrons. The molecular weight excluding hydrogens is 204 g/mol. The molecule has 0 aromatic heterocycles. The van der Waals surface area contributed by atoms with Crippen molar-refractivity contribution in [3.8, 4) is 0 Å². The molecule has 3 fully saturated rings. The van der Waals surface area contributed by atoms with Crippen molar-refractivity contribution >= 4 is 5.78 Å². The summed E-state index contributed by atoms with van der Waals surface area (Å²) in [5.41, 5.74) is 0.0969. The molecule has 3 atom stereocenters. The van der Waals surface area contributed by atoms with Crippen molar-refractivity contribution in [1.29, 1.82) is 0 Å². The average Bonchev–Trinajstić information content (AvgIpc) is 2.80. The fourth-order valence-electron chi connectivity index (χ4n) is 4.05. The van der Waals surface area contributed by atoms with Gasteiger partial charge in [-0.25, -0.2) is 0 Å². The molecule has 2 aliphatic carbocycles. The summed E-state index contributed by atoms with van der Waals surface area (Å²) in [6.45, 7) is 5.87. The first kappa shape index (κ1) is 10.7. The van der Waals surface area contributed by atoms with Gasteiger partial charge in [0.1, 0.15) is 5.78 Å². The van der Waals surface area contributed by atoms with Crippen molar-refractivity contribution in [3.05, 3.63) is 0 Å². The van der Waals surface area contributed by atoms with Gasteiger partial charge in [0.05, 0.1) is 13.2 Å². The van der Waals surface area contributed by atoms with E-state index < -0.39 is 0 Å². The Morgan fingerprint density at radius 2 is 2.00 bits per heavy atom. The van der Waals surface area contributed by atoms with Gasteiger partial charge in [0.15, 0.2) is 5.79 Å². The zero-order valence-electron chi connectivity index (χ0n) is 10.1. The van der Waals surface area contributed by atoms with Crippen LogP contribution in [-0.2, 0) is 14.3 Å². The van der Waals surface area contributed by atoms with Crippen molar-refractivity contribution in [2.75, 3.05) is 13.2 Å². The maximum absolute atomic E-state index is 11.7. The molecule has 0 aromatic rings. The number of hydrogen-bond donors (Lipinski definition) is 0. The lowest BCUT2D eigenvalue weighted by Crippen LogP contribution is -2.51. The Kier molecular flexibility index (Phi) is 2.21. The molecule has 0 aromatic carbocycles. The Labute approximate surface area is 96.5 Å². The first-order valence-corrected chi connectivity index (χ1v) is 6.36. The van der Waals surface area contributed by atoms with E-state index in [2.05, 4.69) is 13.8 Å². The molecule has 3 heteroatoms. The SMILES string of the molecule is C[C@H]1C2(CC[C@@H]3CC(=O)C[C@@]31C)OCCO2. The zero-order chi connectivity index (χ0) is 11.4. The third-order valence-corrected chi connectivity index (χ3v) is 5.25. The smallest absolute Gasteiger partial charge is 0.171 e. The highest BCUT2D eigenvalue weighted by Gasteiger charge is 2.59. The number of ketones is 1. The maximum Gasteiger partial charge on any atom is 0.171 e. The minimum absolute atomic E-state index is 0.0969. The van der Waals surface area contributed by atoms with Crippen LogP contribution in [0.4, 0.5) is 0 Å². The van der Waals surface area contributed by atoms with Gasteiger partial charge in [-0.2, -0.15) is 0 Å². The van der Waals surface area contributed by atoms with Crippen LogP contribution in [0.1, 0.15) is 39.5 Å². The largest absolute Gasteiger partial charge is 0.347 e. The van der Waals surface area contributed by atoms with E-state index in [9.17, 15) is 4.79 Å². The molecule has 0 N–H and O–H groups in total. The Morgan fingerprint density at radius 3 is 2.69 bits per heavy atom. The summed E-state index contributed by atoms with van der Waals surface area (Å²) in [6.07, 6.45) is 3.53. The highest BCUT2D eigenvalue weighted by atomic mass is 16.7. The molecule has 16 heavy (non-hydrogen) atoms. The van der Waals surface area contributed by atoms with Gasteiger partial charge in [0.25, 0.3) is 0 Å². The summed E-state index contributed by atoms with van der Waals surface area (Å²) in [4.78, 5) is 11.7. The average molecular weight is 224 g/mol. The lowest BCUT2D eigenvalue weighted by atomic mass is 9.61. The van der Waals surface area contributed by atoms with Crippen molar-refractivity contribution in [3.63, 3.8) is 0 Å². The van der Waals surface area contributed by atoms with E-state index in [1.54, 1.807) is 0 Å². The predicted molar refractivity (Wildman–Crippen MR) is 58.9 cm³/mol. The molecule has 3 rings (SSSR count). The van der Waals surface area contributed by atoms with E-state index in [1.807, 2.05) is 0 Å². The number of rotatable bonds is 0. The molecule has 0 bridgehead atoms. The number of Topliss-reactive ketones (excluding diaryl/α,β-unsaturated/α-hetero) is 1. The summed E-state index contributed by atoms with van der Waals surface area (Å²) >= 11 is 0. The minimum Gasteiger partial charge on any atom is -0.347 e. The van der Waals surface area contributed by atoms with Crippen LogP contribution in [0, 0.1) is 17.3 Å². The molecule has 3 aliphatic rings. The van der Waals surface area contributed by atoms with Gasteiger partial charge in [-0.15, -0.1) is 0 Å². The van der Waals surface area contributed by atoms with E-state index in [-0.39, 0.29) is 11.2 Å². The second kappa shape index (κ2) is 3.30. The Hall–Kier alpha value is -0.410. The Bertz CT molecular complexity index is 319.